The van der Waals surface area contributed by atoms with E-state index in [9.17, 15) is 13.2 Å². The molecule has 0 bridgehead atoms. The van der Waals surface area contributed by atoms with E-state index in [1.165, 1.54) is 24.4 Å². The lowest BCUT2D eigenvalue weighted by atomic mass is 10.1. The number of benzene rings is 2. The van der Waals surface area contributed by atoms with Gasteiger partial charge in [0, 0.05) is 6.20 Å². The highest BCUT2D eigenvalue weighted by atomic mass is 32.2. The largest absolute Gasteiger partial charge is 0.477 e. The maximum Gasteiger partial charge on any atom is 0.354 e. The zero-order chi connectivity index (χ0) is 16.4. The summed E-state index contributed by atoms with van der Waals surface area (Å²) in [7, 11) is -3.92. The number of fused-ring (bicyclic) bond motifs is 1. The molecule has 0 spiro atoms. The molecule has 0 aliphatic heterocycles. The van der Waals surface area contributed by atoms with Crippen LogP contribution in [0.15, 0.2) is 59.6 Å². The molecular formula is C15H11N3O4S. The summed E-state index contributed by atoms with van der Waals surface area (Å²) in [5.41, 5.74) is -0.295. The topological polar surface area (TPSA) is 109 Å². The minimum atomic E-state index is -3.92. The Bertz CT molecular complexity index is 1000. The molecule has 2 N–H and O–H groups in total. The van der Waals surface area contributed by atoms with Crippen molar-refractivity contribution in [1.82, 2.24) is 9.97 Å². The van der Waals surface area contributed by atoms with Crippen LogP contribution in [-0.2, 0) is 10.0 Å². The zero-order valence-corrected chi connectivity index (χ0v) is 12.5. The van der Waals surface area contributed by atoms with Gasteiger partial charge in [-0.3, -0.25) is 0 Å². The number of rotatable bonds is 4. The van der Waals surface area contributed by atoms with Crippen LogP contribution < -0.4 is 4.72 Å². The molecule has 3 rings (SSSR count). The lowest BCUT2D eigenvalue weighted by Gasteiger charge is -2.08. The van der Waals surface area contributed by atoms with Crippen LogP contribution in [0.1, 0.15) is 10.5 Å². The SMILES string of the molecule is O=C(O)c1ccnc(NS(=O)(=O)c2ccc3ccccc3c2)n1. The normalized spacial score (nSPS) is 11.3. The lowest BCUT2D eigenvalue weighted by Crippen LogP contribution is -2.16. The van der Waals surface area contributed by atoms with Gasteiger partial charge in [0.05, 0.1) is 4.90 Å². The minimum absolute atomic E-state index is 0.0422. The summed E-state index contributed by atoms with van der Waals surface area (Å²) >= 11 is 0. The second kappa shape index (κ2) is 5.65. The quantitative estimate of drug-likeness (QED) is 0.759. The number of aromatic nitrogens is 2. The van der Waals surface area contributed by atoms with Crippen molar-refractivity contribution in [2.45, 2.75) is 4.90 Å². The van der Waals surface area contributed by atoms with Gasteiger partial charge in [0.1, 0.15) is 0 Å². The monoisotopic (exact) mass is 329 g/mol. The first-order chi connectivity index (χ1) is 11.0. The molecule has 0 aliphatic rings. The van der Waals surface area contributed by atoms with Crippen molar-refractivity contribution in [1.29, 1.82) is 0 Å². The number of hydrogen-bond donors (Lipinski definition) is 2. The Morgan fingerprint density at radius 1 is 1.04 bits per heavy atom. The molecule has 1 heterocycles. The van der Waals surface area contributed by atoms with Gasteiger partial charge in [0.2, 0.25) is 5.95 Å². The van der Waals surface area contributed by atoms with E-state index < -0.39 is 16.0 Å². The molecule has 8 heteroatoms. The fourth-order valence-corrected chi connectivity index (χ4v) is 3.03. The summed E-state index contributed by atoms with van der Waals surface area (Å²) in [6.45, 7) is 0. The summed E-state index contributed by atoms with van der Waals surface area (Å²) in [4.78, 5) is 18.3. The van der Waals surface area contributed by atoms with E-state index in [1.807, 2.05) is 18.2 Å². The summed E-state index contributed by atoms with van der Waals surface area (Å²) < 4.78 is 27.0. The third kappa shape index (κ3) is 3.11. The summed E-state index contributed by atoms with van der Waals surface area (Å²) in [6, 6.07) is 13.2. The maximum absolute atomic E-state index is 12.4. The molecule has 1 aromatic heterocycles. The highest BCUT2D eigenvalue weighted by molar-refractivity contribution is 7.92. The van der Waals surface area contributed by atoms with Crippen LogP contribution in [0.3, 0.4) is 0 Å². The Morgan fingerprint density at radius 2 is 1.78 bits per heavy atom. The number of sulfonamides is 1. The molecule has 0 amide bonds. The first kappa shape index (κ1) is 14.9. The van der Waals surface area contributed by atoms with E-state index in [2.05, 4.69) is 14.7 Å². The maximum atomic E-state index is 12.4. The van der Waals surface area contributed by atoms with Gasteiger partial charge in [-0.25, -0.2) is 27.9 Å². The third-order valence-corrected chi connectivity index (χ3v) is 4.46. The molecule has 0 saturated heterocycles. The number of carbonyl (C=O) groups is 1. The van der Waals surface area contributed by atoms with Crippen molar-refractivity contribution in [2.75, 3.05) is 4.72 Å². The summed E-state index contributed by atoms with van der Waals surface area (Å²) in [5, 5.41) is 10.6. The molecular weight excluding hydrogens is 318 g/mol. The molecule has 23 heavy (non-hydrogen) atoms. The Hall–Kier alpha value is -3.00. The molecule has 0 radical (unpaired) electrons. The molecule has 7 nitrogen and oxygen atoms in total. The fraction of sp³-hybridized carbons (Fsp3) is 0. The van der Waals surface area contributed by atoms with Gasteiger partial charge in [-0.05, 0) is 29.0 Å². The number of carboxylic acids is 1. The van der Waals surface area contributed by atoms with E-state index in [-0.39, 0.29) is 16.5 Å². The molecule has 116 valence electrons. The Balaban J connectivity index is 1.97. The summed E-state index contributed by atoms with van der Waals surface area (Å²) in [6.07, 6.45) is 1.18. The van der Waals surface area contributed by atoms with Crippen LogP contribution >= 0.6 is 0 Å². The number of aromatic carboxylic acids is 1. The molecule has 0 fully saturated rings. The van der Waals surface area contributed by atoms with Crippen LogP contribution in [0, 0.1) is 0 Å². The van der Waals surface area contributed by atoms with Crippen molar-refractivity contribution < 1.29 is 18.3 Å². The third-order valence-electron chi connectivity index (χ3n) is 3.13. The molecule has 3 aromatic rings. The van der Waals surface area contributed by atoms with Crippen LogP contribution in [0.5, 0.6) is 0 Å². The predicted octanol–water partition coefficient (Wildman–Crippen LogP) is 2.13. The minimum Gasteiger partial charge on any atom is -0.477 e. The number of anilines is 1. The van der Waals surface area contributed by atoms with E-state index in [0.29, 0.717) is 0 Å². The van der Waals surface area contributed by atoms with Crippen molar-refractivity contribution in [3.8, 4) is 0 Å². The van der Waals surface area contributed by atoms with Crippen molar-refractivity contribution in [2.24, 2.45) is 0 Å². The van der Waals surface area contributed by atoms with E-state index in [4.69, 9.17) is 5.11 Å². The van der Waals surface area contributed by atoms with Crippen LogP contribution in [-0.4, -0.2) is 29.5 Å². The average molecular weight is 329 g/mol. The predicted molar refractivity (Wildman–Crippen MR) is 83.7 cm³/mol. The second-order valence-corrected chi connectivity index (χ2v) is 6.37. The van der Waals surface area contributed by atoms with Gasteiger partial charge in [-0.15, -0.1) is 0 Å². The summed E-state index contributed by atoms with van der Waals surface area (Å²) in [5.74, 6) is -1.56. The number of nitrogens with one attached hydrogen (secondary N) is 1. The Labute approximate surface area is 131 Å². The Kier molecular flexibility index (Phi) is 3.67. The Morgan fingerprint density at radius 3 is 2.52 bits per heavy atom. The van der Waals surface area contributed by atoms with E-state index in [1.54, 1.807) is 12.1 Å². The smallest absolute Gasteiger partial charge is 0.354 e. The van der Waals surface area contributed by atoms with Gasteiger partial charge >= 0.3 is 5.97 Å². The fourth-order valence-electron chi connectivity index (χ4n) is 2.04. The number of carboxylic acid groups (broad SMARTS) is 1. The number of hydrogen-bond acceptors (Lipinski definition) is 5. The zero-order valence-electron chi connectivity index (χ0n) is 11.7. The molecule has 0 unspecified atom stereocenters. The van der Waals surface area contributed by atoms with Crippen LogP contribution in [0.4, 0.5) is 5.95 Å². The van der Waals surface area contributed by atoms with Gasteiger partial charge in [-0.1, -0.05) is 30.3 Å². The highest BCUT2D eigenvalue weighted by Crippen LogP contribution is 2.20. The molecule has 0 aliphatic carbocycles. The van der Waals surface area contributed by atoms with Crippen molar-refractivity contribution >= 4 is 32.7 Å². The molecule has 0 saturated carbocycles. The van der Waals surface area contributed by atoms with Gasteiger partial charge in [-0.2, -0.15) is 0 Å². The molecule has 0 atom stereocenters. The van der Waals surface area contributed by atoms with E-state index >= 15 is 0 Å². The first-order valence-electron chi connectivity index (χ1n) is 6.54. The lowest BCUT2D eigenvalue weighted by molar-refractivity contribution is 0.0690. The van der Waals surface area contributed by atoms with Gasteiger partial charge < -0.3 is 5.11 Å². The average Bonchev–Trinajstić information content (AvgIpc) is 2.54. The second-order valence-electron chi connectivity index (χ2n) is 4.69. The first-order valence-corrected chi connectivity index (χ1v) is 8.02. The van der Waals surface area contributed by atoms with Crippen molar-refractivity contribution in [3.05, 3.63) is 60.4 Å². The number of nitrogens with zero attached hydrogens (tertiary/aromatic N) is 2. The highest BCUT2D eigenvalue weighted by Gasteiger charge is 2.17. The van der Waals surface area contributed by atoms with E-state index in [0.717, 1.165) is 10.8 Å². The van der Waals surface area contributed by atoms with Crippen LogP contribution in [0.25, 0.3) is 10.8 Å². The van der Waals surface area contributed by atoms with Gasteiger partial charge in [0.25, 0.3) is 10.0 Å². The standard InChI is InChI=1S/C15H11N3O4S/c19-14(20)13-7-8-16-15(17-13)18-23(21,22)12-6-5-10-3-1-2-4-11(10)9-12/h1-9H,(H,19,20)(H,16,17,18). The molecule has 2 aromatic carbocycles. The van der Waals surface area contributed by atoms with Crippen molar-refractivity contribution in [3.63, 3.8) is 0 Å². The van der Waals surface area contributed by atoms with Gasteiger partial charge in [0.15, 0.2) is 5.69 Å². The van der Waals surface area contributed by atoms with Crippen LogP contribution in [0.2, 0.25) is 0 Å².